The molecule has 0 heterocycles. The lowest BCUT2D eigenvalue weighted by Crippen LogP contribution is -2.33. The van der Waals surface area contributed by atoms with Gasteiger partial charge in [-0.1, -0.05) is 12.8 Å². The lowest BCUT2D eigenvalue weighted by atomic mass is 10.3. The number of aliphatic hydroxyl groups excluding tert-OH is 1. The SMILES string of the molecule is CN(CCO)C(=O)Nc1ccc(SC2CCCC2)cc1. The van der Waals surface area contributed by atoms with E-state index in [1.165, 1.54) is 35.5 Å². The van der Waals surface area contributed by atoms with Gasteiger partial charge in [-0.05, 0) is 37.1 Å². The number of carbonyl (C=O) groups is 1. The molecule has 0 atom stereocenters. The molecule has 1 aliphatic rings. The highest BCUT2D eigenvalue weighted by Gasteiger charge is 2.16. The quantitative estimate of drug-likeness (QED) is 0.877. The Morgan fingerprint density at radius 3 is 2.60 bits per heavy atom. The number of amides is 2. The first kappa shape index (κ1) is 15.2. The van der Waals surface area contributed by atoms with Crippen LogP contribution in [0.25, 0.3) is 0 Å². The van der Waals surface area contributed by atoms with Crippen molar-refractivity contribution in [1.82, 2.24) is 4.90 Å². The van der Waals surface area contributed by atoms with Crippen molar-refractivity contribution in [2.75, 3.05) is 25.5 Å². The van der Waals surface area contributed by atoms with Crippen LogP contribution in [0.1, 0.15) is 25.7 Å². The highest BCUT2D eigenvalue weighted by atomic mass is 32.2. The predicted octanol–water partition coefficient (Wildman–Crippen LogP) is 3.18. The third kappa shape index (κ3) is 4.42. The first-order chi connectivity index (χ1) is 9.69. The molecule has 0 bridgehead atoms. The van der Waals surface area contributed by atoms with Crippen molar-refractivity contribution >= 4 is 23.5 Å². The van der Waals surface area contributed by atoms with Gasteiger partial charge in [0.25, 0.3) is 0 Å². The molecule has 20 heavy (non-hydrogen) atoms. The Labute approximate surface area is 124 Å². The lowest BCUT2D eigenvalue weighted by molar-refractivity contribution is 0.202. The van der Waals surface area contributed by atoms with Crippen LogP contribution in [0, 0.1) is 0 Å². The van der Waals surface area contributed by atoms with E-state index in [0.717, 1.165) is 10.9 Å². The van der Waals surface area contributed by atoms with E-state index in [4.69, 9.17) is 5.11 Å². The molecule has 4 nitrogen and oxygen atoms in total. The van der Waals surface area contributed by atoms with Crippen molar-refractivity contribution in [3.63, 3.8) is 0 Å². The Morgan fingerprint density at radius 2 is 2.00 bits per heavy atom. The second-order valence-corrected chi connectivity index (χ2v) is 6.50. The molecule has 0 spiro atoms. The fraction of sp³-hybridized carbons (Fsp3) is 0.533. The number of rotatable bonds is 5. The summed E-state index contributed by atoms with van der Waals surface area (Å²) in [5, 5.41) is 12.4. The van der Waals surface area contributed by atoms with Crippen molar-refractivity contribution in [2.24, 2.45) is 0 Å². The largest absolute Gasteiger partial charge is 0.395 e. The number of likely N-dealkylation sites (N-methyl/N-ethyl adjacent to an activating group) is 1. The lowest BCUT2D eigenvalue weighted by Gasteiger charge is -2.16. The average Bonchev–Trinajstić information content (AvgIpc) is 2.94. The van der Waals surface area contributed by atoms with Gasteiger partial charge in [-0.25, -0.2) is 4.79 Å². The van der Waals surface area contributed by atoms with E-state index in [2.05, 4.69) is 17.4 Å². The minimum atomic E-state index is -0.199. The van der Waals surface area contributed by atoms with Crippen molar-refractivity contribution < 1.29 is 9.90 Å². The maximum absolute atomic E-state index is 11.8. The van der Waals surface area contributed by atoms with Crippen LogP contribution >= 0.6 is 11.8 Å². The second-order valence-electron chi connectivity index (χ2n) is 5.12. The third-order valence-corrected chi connectivity index (χ3v) is 4.84. The van der Waals surface area contributed by atoms with E-state index in [1.54, 1.807) is 7.05 Å². The van der Waals surface area contributed by atoms with Crippen LogP contribution in [-0.2, 0) is 0 Å². The molecular formula is C15H22N2O2S. The number of hydrogen-bond acceptors (Lipinski definition) is 3. The minimum Gasteiger partial charge on any atom is -0.395 e. The molecule has 1 saturated carbocycles. The normalized spacial score (nSPS) is 15.3. The first-order valence-electron chi connectivity index (χ1n) is 7.09. The summed E-state index contributed by atoms with van der Waals surface area (Å²) < 4.78 is 0. The van der Waals surface area contributed by atoms with Crippen molar-refractivity contribution in [3.05, 3.63) is 24.3 Å². The van der Waals surface area contributed by atoms with Gasteiger partial charge in [-0.15, -0.1) is 11.8 Å². The standard InChI is InChI=1S/C15H22N2O2S/c1-17(10-11-18)15(19)16-12-6-8-14(9-7-12)20-13-4-2-3-5-13/h6-9,13,18H,2-5,10-11H2,1H3,(H,16,19). The Balaban J connectivity index is 1.86. The number of aliphatic hydroxyl groups is 1. The summed E-state index contributed by atoms with van der Waals surface area (Å²) in [4.78, 5) is 14.5. The zero-order valence-corrected chi connectivity index (χ0v) is 12.7. The molecule has 1 fully saturated rings. The van der Waals surface area contributed by atoms with Gasteiger partial charge in [0.2, 0.25) is 0 Å². The van der Waals surface area contributed by atoms with E-state index < -0.39 is 0 Å². The molecule has 2 amide bonds. The van der Waals surface area contributed by atoms with Crippen LogP contribution in [0.4, 0.5) is 10.5 Å². The second kappa shape index (κ2) is 7.55. The van der Waals surface area contributed by atoms with E-state index in [9.17, 15) is 4.79 Å². The molecule has 5 heteroatoms. The van der Waals surface area contributed by atoms with Crippen LogP contribution in [0.3, 0.4) is 0 Å². The van der Waals surface area contributed by atoms with Gasteiger partial charge in [0.15, 0.2) is 0 Å². The van der Waals surface area contributed by atoms with Gasteiger partial charge in [0.1, 0.15) is 0 Å². The van der Waals surface area contributed by atoms with E-state index >= 15 is 0 Å². The molecular weight excluding hydrogens is 272 g/mol. The highest BCUT2D eigenvalue weighted by molar-refractivity contribution is 8.00. The summed E-state index contributed by atoms with van der Waals surface area (Å²) in [7, 11) is 1.66. The molecule has 0 aromatic heterocycles. The summed E-state index contributed by atoms with van der Waals surface area (Å²) in [6, 6.07) is 7.79. The van der Waals surface area contributed by atoms with E-state index in [1.807, 2.05) is 23.9 Å². The van der Waals surface area contributed by atoms with Crippen LogP contribution in [0.2, 0.25) is 0 Å². The van der Waals surface area contributed by atoms with Gasteiger partial charge in [0, 0.05) is 29.4 Å². The number of nitrogens with zero attached hydrogens (tertiary/aromatic N) is 1. The van der Waals surface area contributed by atoms with Crippen LogP contribution in [-0.4, -0.2) is 41.5 Å². The zero-order chi connectivity index (χ0) is 14.4. The van der Waals surface area contributed by atoms with Gasteiger partial charge in [-0.3, -0.25) is 0 Å². The van der Waals surface area contributed by atoms with E-state index in [-0.39, 0.29) is 12.6 Å². The molecule has 0 unspecified atom stereocenters. The Morgan fingerprint density at radius 1 is 1.35 bits per heavy atom. The first-order valence-corrected chi connectivity index (χ1v) is 7.96. The zero-order valence-electron chi connectivity index (χ0n) is 11.8. The predicted molar refractivity (Wildman–Crippen MR) is 83.3 cm³/mol. The fourth-order valence-corrected chi connectivity index (χ4v) is 3.53. The average molecular weight is 294 g/mol. The molecule has 1 aromatic rings. The monoisotopic (exact) mass is 294 g/mol. The summed E-state index contributed by atoms with van der Waals surface area (Å²) in [6.07, 6.45) is 5.33. The molecule has 110 valence electrons. The van der Waals surface area contributed by atoms with Crippen molar-refractivity contribution in [2.45, 2.75) is 35.8 Å². The number of anilines is 1. The molecule has 2 N–H and O–H groups in total. The Bertz CT molecular complexity index is 430. The number of urea groups is 1. The Kier molecular flexibility index (Phi) is 5.73. The van der Waals surface area contributed by atoms with Gasteiger partial charge >= 0.3 is 6.03 Å². The molecule has 2 rings (SSSR count). The fourth-order valence-electron chi connectivity index (χ4n) is 2.29. The van der Waals surface area contributed by atoms with Crippen LogP contribution < -0.4 is 5.32 Å². The number of nitrogens with one attached hydrogen (secondary N) is 1. The van der Waals surface area contributed by atoms with Crippen molar-refractivity contribution in [3.8, 4) is 0 Å². The number of carbonyl (C=O) groups excluding carboxylic acids is 1. The molecule has 0 aliphatic heterocycles. The van der Waals surface area contributed by atoms with Gasteiger partial charge < -0.3 is 15.3 Å². The van der Waals surface area contributed by atoms with Crippen molar-refractivity contribution in [1.29, 1.82) is 0 Å². The molecule has 1 aliphatic carbocycles. The number of thioether (sulfide) groups is 1. The summed E-state index contributed by atoms with van der Waals surface area (Å²) in [6.45, 7) is 0.308. The molecule has 0 saturated heterocycles. The highest BCUT2D eigenvalue weighted by Crippen LogP contribution is 2.34. The van der Waals surface area contributed by atoms with Gasteiger partial charge in [-0.2, -0.15) is 0 Å². The van der Waals surface area contributed by atoms with Gasteiger partial charge in [0.05, 0.1) is 6.61 Å². The summed E-state index contributed by atoms with van der Waals surface area (Å²) in [5.41, 5.74) is 0.788. The summed E-state index contributed by atoms with van der Waals surface area (Å²) >= 11 is 1.94. The number of benzene rings is 1. The smallest absolute Gasteiger partial charge is 0.321 e. The van der Waals surface area contributed by atoms with Crippen LogP contribution in [0.15, 0.2) is 29.2 Å². The Hall–Kier alpha value is -1.20. The van der Waals surface area contributed by atoms with Crippen LogP contribution in [0.5, 0.6) is 0 Å². The summed E-state index contributed by atoms with van der Waals surface area (Å²) in [5.74, 6) is 0. The van der Waals surface area contributed by atoms with E-state index in [0.29, 0.717) is 6.54 Å². The topological polar surface area (TPSA) is 52.6 Å². The maximum Gasteiger partial charge on any atom is 0.321 e. The maximum atomic E-state index is 11.8. The third-order valence-electron chi connectivity index (χ3n) is 3.49. The molecule has 0 radical (unpaired) electrons. The minimum absolute atomic E-state index is 0.0269. The number of hydrogen-bond donors (Lipinski definition) is 2. The molecule has 1 aromatic carbocycles.